The van der Waals surface area contributed by atoms with Gasteiger partial charge in [0.1, 0.15) is 5.75 Å². The van der Waals surface area contributed by atoms with Crippen LogP contribution in [0.2, 0.25) is 0 Å². The van der Waals surface area contributed by atoms with E-state index in [0.717, 1.165) is 30.0 Å². The number of hydrogen-bond donors (Lipinski definition) is 1. The quantitative estimate of drug-likeness (QED) is 0.762. The summed E-state index contributed by atoms with van der Waals surface area (Å²) in [7, 11) is 1.84. The number of nitrogens with zero attached hydrogens (tertiary/aromatic N) is 2. The first-order chi connectivity index (χ1) is 14.1. The van der Waals surface area contributed by atoms with Gasteiger partial charge in [0, 0.05) is 19.2 Å². The van der Waals surface area contributed by atoms with Crippen LogP contribution in [-0.4, -0.2) is 68.0 Å². The molecule has 0 radical (unpaired) electrons. The Labute approximate surface area is 172 Å². The van der Waals surface area contributed by atoms with Crippen LogP contribution in [0.4, 0.5) is 0 Å². The number of rotatable bonds is 7. The highest BCUT2D eigenvalue weighted by atomic mass is 16.5. The number of likely N-dealkylation sites (N-methyl/N-ethyl adjacent to an activating group) is 1. The summed E-state index contributed by atoms with van der Waals surface area (Å²) in [5, 5.41) is 0. The molecule has 1 N–H and O–H groups in total. The molecule has 0 aliphatic carbocycles. The molecule has 2 aromatic carbocycles. The fourth-order valence-corrected chi connectivity index (χ4v) is 3.53. The number of hydrogen-bond acceptors (Lipinski definition) is 3. The third kappa shape index (κ3) is 5.81. The molecule has 6 heteroatoms. The zero-order valence-electron chi connectivity index (χ0n) is 17.3. The Bertz CT molecular complexity index is 800. The normalized spacial score (nSPS) is 14.5. The SMILES string of the molecule is CCOc1ccc(CN(C)C(=O)C[NH+]2CCN(C(=O)c3ccccc3)CC2)cc1. The molecular formula is C23H30N3O3+. The van der Waals surface area contributed by atoms with Crippen molar-refractivity contribution in [2.75, 3.05) is 46.4 Å². The van der Waals surface area contributed by atoms with Crippen molar-refractivity contribution in [1.82, 2.24) is 9.80 Å². The molecular weight excluding hydrogens is 366 g/mol. The van der Waals surface area contributed by atoms with Crippen LogP contribution in [0.1, 0.15) is 22.8 Å². The van der Waals surface area contributed by atoms with Crippen LogP contribution in [0.3, 0.4) is 0 Å². The minimum atomic E-state index is 0.0728. The van der Waals surface area contributed by atoms with Gasteiger partial charge >= 0.3 is 0 Å². The van der Waals surface area contributed by atoms with Gasteiger partial charge in [0.15, 0.2) is 6.54 Å². The zero-order valence-corrected chi connectivity index (χ0v) is 17.3. The first-order valence-corrected chi connectivity index (χ1v) is 10.2. The number of ether oxygens (including phenoxy) is 1. The average Bonchev–Trinajstić information content (AvgIpc) is 2.76. The fraction of sp³-hybridized carbons (Fsp3) is 0.391. The van der Waals surface area contributed by atoms with E-state index in [1.54, 1.807) is 4.90 Å². The summed E-state index contributed by atoms with van der Waals surface area (Å²) in [6.45, 7) is 6.59. The molecule has 1 aliphatic heterocycles. The smallest absolute Gasteiger partial charge is 0.277 e. The lowest BCUT2D eigenvalue weighted by Gasteiger charge is -2.32. The van der Waals surface area contributed by atoms with Crippen LogP contribution in [0.15, 0.2) is 54.6 Å². The molecule has 6 nitrogen and oxygen atoms in total. The number of carbonyl (C=O) groups excluding carboxylic acids is 2. The summed E-state index contributed by atoms with van der Waals surface area (Å²) in [6.07, 6.45) is 0. The lowest BCUT2D eigenvalue weighted by atomic mass is 10.2. The van der Waals surface area contributed by atoms with Crippen LogP contribution in [0.25, 0.3) is 0 Å². The monoisotopic (exact) mass is 396 g/mol. The summed E-state index contributed by atoms with van der Waals surface area (Å²) in [4.78, 5) is 30.0. The molecule has 0 saturated carbocycles. The summed E-state index contributed by atoms with van der Waals surface area (Å²) in [6, 6.07) is 17.2. The maximum Gasteiger partial charge on any atom is 0.277 e. The molecule has 0 aromatic heterocycles. The number of nitrogens with one attached hydrogen (secondary N) is 1. The van der Waals surface area contributed by atoms with Gasteiger partial charge in [0.2, 0.25) is 0 Å². The van der Waals surface area contributed by atoms with Gasteiger partial charge in [-0.05, 0) is 36.8 Å². The Morgan fingerprint density at radius 2 is 1.69 bits per heavy atom. The number of amides is 2. The second kappa shape index (κ2) is 10.1. The summed E-state index contributed by atoms with van der Waals surface area (Å²) in [5.41, 5.74) is 1.81. The predicted octanol–water partition coefficient (Wildman–Crippen LogP) is 1.08. The van der Waals surface area contributed by atoms with Crippen LogP contribution in [0.5, 0.6) is 5.75 Å². The van der Waals surface area contributed by atoms with E-state index in [-0.39, 0.29) is 11.8 Å². The van der Waals surface area contributed by atoms with E-state index in [2.05, 4.69) is 0 Å². The number of quaternary nitrogens is 1. The lowest BCUT2D eigenvalue weighted by molar-refractivity contribution is -0.896. The van der Waals surface area contributed by atoms with Gasteiger partial charge < -0.3 is 19.4 Å². The Morgan fingerprint density at radius 1 is 1.03 bits per heavy atom. The highest BCUT2D eigenvalue weighted by molar-refractivity contribution is 5.94. The first kappa shape index (κ1) is 20.9. The molecule has 1 fully saturated rings. The van der Waals surface area contributed by atoms with E-state index in [1.165, 1.54) is 4.90 Å². The van der Waals surface area contributed by atoms with E-state index in [9.17, 15) is 9.59 Å². The maximum atomic E-state index is 12.6. The van der Waals surface area contributed by atoms with E-state index in [4.69, 9.17) is 4.74 Å². The van der Waals surface area contributed by atoms with Crippen LogP contribution in [-0.2, 0) is 11.3 Å². The summed E-state index contributed by atoms with van der Waals surface area (Å²) >= 11 is 0. The van der Waals surface area contributed by atoms with Crippen molar-refractivity contribution in [2.24, 2.45) is 0 Å². The minimum Gasteiger partial charge on any atom is -0.494 e. The van der Waals surface area contributed by atoms with Crippen molar-refractivity contribution in [3.8, 4) is 5.75 Å². The molecule has 1 heterocycles. The summed E-state index contributed by atoms with van der Waals surface area (Å²) < 4.78 is 5.46. The average molecular weight is 397 g/mol. The number of piperazine rings is 1. The second-order valence-corrected chi connectivity index (χ2v) is 7.41. The van der Waals surface area contributed by atoms with Crippen LogP contribution < -0.4 is 9.64 Å². The standard InChI is InChI=1S/C23H29N3O3/c1-3-29-21-11-9-19(10-12-21)17-24(2)22(27)18-25-13-15-26(16-14-25)23(28)20-7-5-4-6-8-20/h4-12H,3,13-18H2,1-2H3/p+1. The third-order valence-corrected chi connectivity index (χ3v) is 5.26. The van der Waals surface area contributed by atoms with Gasteiger partial charge in [-0.2, -0.15) is 0 Å². The molecule has 1 saturated heterocycles. The number of carbonyl (C=O) groups is 2. The fourth-order valence-electron chi connectivity index (χ4n) is 3.53. The van der Waals surface area contributed by atoms with Crippen molar-refractivity contribution in [3.05, 3.63) is 65.7 Å². The minimum absolute atomic E-state index is 0.0728. The van der Waals surface area contributed by atoms with E-state index in [1.807, 2.05) is 73.5 Å². The zero-order chi connectivity index (χ0) is 20.6. The van der Waals surface area contributed by atoms with E-state index in [0.29, 0.717) is 32.8 Å². The molecule has 0 bridgehead atoms. The van der Waals surface area contributed by atoms with Gasteiger partial charge in [-0.1, -0.05) is 30.3 Å². The Kier molecular flexibility index (Phi) is 7.25. The van der Waals surface area contributed by atoms with Gasteiger partial charge in [-0.25, -0.2) is 0 Å². The first-order valence-electron chi connectivity index (χ1n) is 10.2. The largest absolute Gasteiger partial charge is 0.494 e. The molecule has 154 valence electrons. The van der Waals surface area contributed by atoms with Crippen molar-refractivity contribution >= 4 is 11.8 Å². The van der Waals surface area contributed by atoms with E-state index >= 15 is 0 Å². The molecule has 1 aliphatic rings. The van der Waals surface area contributed by atoms with E-state index < -0.39 is 0 Å². The molecule has 0 spiro atoms. The molecule has 3 rings (SSSR count). The molecule has 0 atom stereocenters. The predicted molar refractivity (Wildman–Crippen MR) is 112 cm³/mol. The van der Waals surface area contributed by atoms with Crippen LogP contribution in [0, 0.1) is 0 Å². The van der Waals surface area contributed by atoms with Gasteiger partial charge in [0.05, 0.1) is 32.8 Å². The Morgan fingerprint density at radius 3 is 2.31 bits per heavy atom. The van der Waals surface area contributed by atoms with Crippen molar-refractivity contribution in [3.63, 3.8) is 0 Å². The summed E-state index contributed by atoms with van der Waals surface area (Å²) in [5.74, 6) is 1.04. The maximum absolute atomic E-state index is 12.6. The molecule has 29 heavy (non-hydrogen) atoms. The lowest BCUT2D eigenvalue weighted by Crippen LogP contribution is -3.15. The van der Waals surface area contributed by atoms with Gasteiger partial charge in [-0.15, -0.1) is 0 Å². The molecule has 2 amide bonds. The Balaban J connectivity index is 1.44. The van der Waals surface area contributed by atoms with Crippen molar-refractivity contribution in [1.29, 1.82) is 0 Å². The molecule has 2 aromatic rings. The van der Waals surface area contributed by atoms with Gasteiger partial charge in [-0.3, -0.25) is 9.59 Å². The Hall–Kier alpha value is -2.86. The highest BCUT2D eigenvalue weighted by Crippen LogP contribution is 2.13. The number of benzene rings is 2. The van der Waals surface area contributed by atoms with Gasteiger partial charge in [0.25, 0.3) is 11.8 Å². The molecule has 0 unspecified atom stereocenters. The third-order valence-electron chi connectivity index (χ3n) is 5.26. The highest BCUT2D eigenvalue weighted by Gasteiger charge is 2.26. The second-order valence-electron chi connectivity index (χ2n) is 7.41. The topological polar surface area (TPSA) is 54.3 Å². The van der Waals surface area contributed by atoms with Crippen LogP contribution >= 0.6 is 0 Å². The van der Waals surface area contributed by atoms with Crippen molar-refractivity contribution in [2.45, 2.75) is 13.5 Å². The van der Waals surface area contributed by atoms with Crippen molar-refractivity contribution < 1.29 is 19.2 Å².